The Morgan fingerprint density at radius 2 is 0.728 bits per heavy atom. The molecule has 0 amide bonds. The minimum atomic E-state index is -7.35. The van der Waals surface area contributed by atoms with E-state index >= 15 is 0 Å². The van der Waals surface area contributed by atoms with E-state index in [4.69, 9.17) is 38.9 Å². The van der Waals surface area contributed by atoms with Crippen LogP contribution in [-0.2, 0) is 72.4 Å². The summed E-state index contributed by atoms with van der Waals surface area (Å²) in [6.45, 7) is 17.0. The van der Waals surface area contributed by atoms with E-state index in [1.807, 2.05) is 48.5 Å². The predicted molar refractivity (Wildman–Crippen MR) is 418 cm³/mol. The number of aliphatic imine (C=N–C) groups is 2. The quantitative estimate of drug-likeness (QED) is 0.0113. The number of rotatable bonds is 50. The van der Waals surface area contributed by atoms with Crippen molar-refractivity contribution in [3.8, 4) is 0 Å². The molecule has 41 heteroatoms. The van der Waals surface area contributed by atoms with Crippen molar-refractivity contribution in [1.82, 2.24) is 8.47 Å². The smallest absolute Gasteiger partial charge is 0.870 e. The minimum Gasteiger partial charge on any atom is -0.870 e. The van der Waals surface area contributed by atoms with Gasteiger partial charge < -0.3 is 19.7 Å². The minimum absolute atomic E-state index is 0. The number of unbranched alkanes of at least 4 members (excludes halogenated alkanes) is 5. The van der Waals surface area contributed by atoms with E-state index in [1.54, 1.807) is 6.29 Å². The summed E-state index contributed by atoms with van der Waals surface area (Å²) in [7, 11) is -32.9. The van der Waals surface area contributed by atoms with Crippen molar-refractivity contribution in [2.75, 3.05) is 128 Å². The molecule has 2 aromatic heterocycles. The number of carbonyl (C=O) groups excluding carboxylic acids is 1. The first kappa shape index (κ1) is 98.9. The maximum atomic E-state index is 12.2. The van der Waals surface area contributed by atoms with Gasteiger partial charge >= 0.3 is 703 Å². The summed E-state index contributed by atoms with van der Waals surface area (Å²) in [5, 5.41) is 3.14. The average molecular weight is 1740 g/mol. The first-order chi connectivity index (χ1) is 51.8. The molecule has 12 rings (SSSR count). The van der Waals surface area contributed by atoms with E-state index in [9.17, 15) is 64.9 Å². The van der Waals surface area contributed by atoms with Crippen LogP contribution in [0.5, 0.6) is 0 Å². The zero-order chi connectivity index (χ0) is 77.8. The molecular weight excluding hydrogens is 1640 g/mol. The van der Waals surface area contributed by atoms with Crippen molar-refractivity contribution in [2.45, 2.75) is 129 Å². The molecule has 0 atom stereocenters. The fourth-order valence-corrected chi connectivity index (χ4v) is 42.3. The van der Waals surface area contributed by atoms with E-state index in [-0.39, 0.29) is 189 Å². The molecule has 0 saturated heterocycles. The number of fused-ring (bicyclic) bond motifs is 12. The normalized spacial score (nSPS) is 16.5. The van der Waals surface area contributed by atoms with Gasteiger partial charge in [-0.25, -0.2) is 0 Å². The zero-order valence-corrected chi connectivity index (χ0v) is 81.6. The van der Waals surface area contributed by atoms with E-state index in [1.165, 1.54) is 0 Å². The summed E-state index contributed by atoms with van der Waals surface area (Å²) in [5.74, 6) is 1.06. The molecule has 1 N–H and O–H groups in total. The summed E-state index contributed by atoms with van der Waals surface area (Å²) in [6.07, 6.45) is 6.54. The molecule has 0 saturated carbocycles. The maximum absolute atomic E-state index is 12.2. The monoisotopic (exact) mass is 1740 g/mol. The number of ether oxygens (including phenoxy) is 4. The molecule has 114 heavy (non-hydrogen) atoms. The number of hydrogen-bond acceptors (Lipinski definition) is 24. The van der Waals surface area contributed by atoms with Crippen molar-refractivity contribution >= 4 is 128 Å². The largest absolute Gasteiger partial charge is 1.00 e. The van der Waals surface area contributed by atoms with Crippen molar-refractivity contribution < 1.29 is 225 Å². The molecule has 8 heterocycles. The molecule has 0 bridgehead atoms. The molecule has 6 aromatic rings. The Bertz CT molecular complexity index is 5000. The summed E-state index contributed by atoms with van der Waals surface area (Å²) in [5.41, 5.74) is 4.23. The number of quaternary nitrogens is 2. The van der Waals surface area contributed by atoms with Crippen LogP contribution in [0.2, 0.25) is 38.3 Å². The fraction of sp³-hybridized carbons (Fsp3) is 0.548. The van der Waals surface area contributed by atoms with Gasteiger partial charge in [-0.2, -0.15) is 0 Å². The first-order valence-corrected chi connectivity index (χ1v) is 53.2. The molecular formula is C73H102N10Na4O20S4Si3. The van der Waals surface area contributed by atoms with Gasteiger partial charge in [-0.05, 0) is 0 Å². The zero-order valence-electron chi connectivity index (χ0n) is 67.3. The van der Waals surface area contributed by atoms with E-state index in [0.29, 0.717) is 178 Å². The second-order valence-electron chi connectivity index (χ2n) is 30.9. The molecule has 30 nitrogen and oxygen atoms in total. The average Bonchev–Trinajstić information content (AvgIpc) is 1.31. The van der Waals surface area contributed by atoms with Crippen LogP contribution in [0.3, 0.4) is 0 Å². The summed E-state index contributed by atoms with van der Waals surface area (Å²) in [4.78, 5) is 34.1. The molecule has 0 unspecified atom stereocenters. The molecule has 1 spiro atoms. The maximum Gasteiger partial charge on any atom is 1.00 e. The van der Waals surface area contributed by atoms with Crippen LogP contribution in [-0.4, -0.2) is 266 Å². The Morgan fingerprint density at radius 3 is 1.09 bits per heavy atom. The number of benzene rings is 4. The summed E-state index contributed by atoms with van der Waals surface area (Å²) >= 11 is 0. The number of amidine groups is 4. The van der Waals surface area contributed by atoms with Gasteiger partial charge in [0.05, 0.1) is 26.4 Å². The van der Waals surface area contributed by atoms with Crippen molar-refractivity contribution in [2.24, 2.45) is 20.0 Å². The SMILES string of the molecule is CCCC[N+](CCCCS(=O)(=O)[O-])(CCCCS(=O)(=O)[O-])CCC[Si](C)(C)O[Si-2]123(O[Si](C)(C)CCC[N+](CCCCS(=O)(=O)[O-])(CCCCS(=O)(=O)[O-])CCOCCOCCOCCOCC[C-]=O)n4c5c6ccccc6c4N=C4c6ccccc6C(=[N+]41)N=c1c4ccccc4c(n12)=NC1=[N+]3C(=N5)c2ccccc21.[Na+].[Na+].[Na+].[Na+].[OH-]. The molecule has 0 radical (unpaired) electrons. The fourth-order valence-electron chi connectivity index (χ4n) is 17.8. The van der Waals surface area contributed by atoms with Crippen LogP contribution < -0.4 is 129 Å². The van der Waals surface area contributed by atoms with E-state index < -0.39 is 87.9 Å². The van der Waals surface area contributed by atoms with Gasteiger partial charge in [0.15, 0.2) is 0 Å². The molecule has 6 aliphatic rings. The molecule has 604 valence electrons. The van der Waals surface area contributed by atoms with Gasteiger partial charge in [0.1, 0.15) is 0 Å². The van der Waals surface area contributed by atoms with Gasteiger partial charge in [-0.1, -0.05) is 0 Å². The van der Waals surface area contributed by atoms with Gasteiger partial charge in [-0.15, -0.1) is 6.42 Å². The molecule has 4 aromatic carbocycles. The molecule has 6 aliphatic heterocycles. The first-order valence-electron chi connectivity index (χ1n) is 38.1. The predicted octanol–water partition coefficient (Wildman–Crippen LogP) is -5.31. The summed E-state index contributed by atoms with van der Waals surface area (Å²) < 4.78 is 198. The Balaban J connectivity index is 0.00000360. The van der Waals surface area contributed by atoms with Gasteiger partial charge in [-0.3, -0.25) is 6.29 Å². The third-order valence-electron chi connectivity index (χ3n) is 22.2. The molecule has 0 fully saturated rings. The number of aromatic nitrogens is 2. The topological polar surface area (TPSA) is 397 Å². The van der Waals surface area contributed by atoms with Gasteiger partial charge in [0.25, 0.3) is 0 Å². The Labute approximate surface area is 759 Å². The third-order valence-corrected chi connectivity index (χ3v) is 42.0. The van der Waals surface area contributed by atoms with Crippen LogP contribution in [0.4, 0.5) is 11.6 Å². The Morgan fingerprint density at radius 1 is 0.412 bits per heavy atom. The van der Waals surface area contributed by atoms with Gasteiger partial charge in [0, 0.05) is 6.61 Å². The number of nitrogens with zero attached hydrogens (tertiary/aromatic N) is 10. The van der Waals surface area contributed by atoms with Crippen LogP contribution in [0.15, 0.2) is 117 Å². The van der Waals surface area contributed by atoms with Crippen LogP contribution in [0.25, 0.3) is 21.5 Å². The van der Waals surface area contributed by atoms with Crippen LogP contribution in [0.1, 0.15) is 113 Å². The van der Waals surface area contributed by atoms with E-state index in [0.717, 1.165) is 56.6 Å². The van der Waals surface area contributed by atoms with Crippen molar-refractivity contribution in [1.29, 1.82) is 0 Å². The third kappa shape index (κ3) is 20.5. The van der Waals surface area contributed by atoms with Crippen molar-refractivity contribution in [3.05, 3.63) is 130 Å². The standard InChI is InChI=1S/C73H104N10O19S4Si3.4Na.H2O/c1-6-7-35-82(36-16-20-52-103(85,86)87,37-17-21-53-104(88,89)90)40-24-56-107(2,3)101-109(102-108(4,5)57-25-41-83(38-18-22-54-105(91,92)93,39-19-23-55-106(94,95)96)42-45-98-47-49-100-51-50-99-48-46-97-44-26-43-84)78-66-58-27-8-9-28-59(58)67(78)75-69-62-31-12-13-32-63(62)71(80(69)109)77-73-65-34-15-14-33-64(65)72(81(73)109)76-70-61-30-11-10-29-60(61)68(74-66)79(70)109;;;;;/h8-15,27-34H,6-7,16-26,35-42,44-57H2,1-5H3,(H3-,85,86,87,88,89,90,91,92,93,94,95,96);;;;;1H2/q;4*+1;/p-4. The van der Waals surface area contributed by atoms with Gasteiger partial charge in [0.2, 0.25) is 0 Å². The van der Waals surface area contributed by atoms with Crippen LogP contribution in [0, 0.1) is 0 Å². The summed E-state index contributed by atoms with van der Waals surface area (Å²) in [6, 6.07) is 33.4. The molecule has 0 aliphatic carbocycles. The van der Waals surface area contributed by atoms with Crippen LogP contribution >= 0.6 is 0 Å². The second-order valence-corrected chi connectivity index (χ2v) is 51.3. The Hall–Kier alpha value is -2.16. The Kier molecular flexibility index (Phi) is 34.7. The number of hydrogen-bond donors (Lipinski definition) is 0. The second kappa shape index (κ2) is 40.0. The van der Waals surface area contributed by atoms with E-state index in [2.05, 4.69) is 98.6 Å². The van der Waals surface area contributed by atoms with Crippen molar-refractivity contribution in [3.63, 3.8) is 0 Å².